The Morgan fingerprint density at radius 2 is 2.40 bits per heavy atom. The third kappa shape index (κ3) is 1.70. The minimum atomic E-state index is -0.208. The SMILES string of the molecule is COCC1=C[N]C(=O)C=C1. The van der Waals surface area contributed by atoms with Gasteiger partial charge in [-0.15, -0.1) is 0 Å². The highest BCUT2D eigenvalue weighted by atomic mass is 16.5. The van der Waals surface area contributed by atoms with Gasteiger partial charge >= 0.3 is 0 Å². The molecule has 1 rings (SSSR count). The van der Waals surface area contributed by atoms with E-state index in [4.69, 9.17) is 4.74 Å². The van der Waals surface area contributed by atoms with Gasteiger partial charge in [0, 0.05) is 19.4 Å². The van der Waals surface area contributed by atoms with Gasteiger partial charge in [-0.1, -0.05) is 0 Å². The predicted octanol–water partition coefficient (Wildman–Crippen LogP) is 0.218. The number of rotatable bonds is 2. The lowest BCUT2D eigenvalue weighted by Gasteiger charge is -2.02. The Kier molecular flexibility index (Phi) is 2.23. The molecule has 1 radical (unpaired) electrons. The number of ether oxygens (including phenoxy) is 1. The molecule has 1 aliphatic heterocycles. The second kappa shape index (κ2) is 3.17. The molecule has 0 bridgehead atoms. The number of methoxy groups -OCH3 is 1. The topological polar surface area (TPSA) is 40.4 Å². The van der Waals surface area contributed by atoms with Crippen molar-refractivity contribution >= 4 is 5.91 Å². The lowest BCUT2D eigenvalue weighted by Crippen LogP contribution is -2.11. The van der Waals surface area contributed by atoms with E-state index in [2.05, 4.69) is 5.32 Å². The number of nitrogens with zero attached hydrogens (tertiary/aromatic N) is 1. The molecule has 0 aliphatic carbocycles. The van der Waals surface area contributed by atoms with Crippen molar-refractivity contribution in [2.24, 2.45) is 0 Å². The maximum Gasteiger partial charge on any atom is 0.269 e. The summed E-state index contributed by atoms with van der Waals surface area (Å²) < 4.78 is 4.83. The second-order valence-corrected chi connectivity index (χ2v) is 1.94. The monoisotopic (exact) mass is 138 g/mol. The fourth-order valence-corrected chi connectivity index (χ4v) is 0.663. The van der Waals surface area contributed by atoms with Gasteiger partial charge in [-0.25, -0.2) is 5.32 Å². The zero-order valence-corrected chi connectivity index (χ0v) is 5.70. The summed E-state index contributed by atoms with van der Waals surface area (Å²) in [5.41, 5.74) is 0.919. The summed E-state index contributed by atoms with van der Waals surface area (Å²) in [6.45, 7) is 0.507. The first-order valence-corrected chi connectivity index (χ1v) is 2.94. The van der Waals surface area contributed by atoms with Crippen molar-refractivity contribution in [3.63, 3.8) is 0 Å². The summed E-state index contributed by atoms with van der Waals surface area (Å²) in [6.07, 6.45) is 4.65. The van der Waals surface area contributed by atoms with E-state index in [1.165, 1.54) is 12.3 Å². The number of hydrogen-bond acceptors (Lipinski definition) is 2. The van der Waals surface area contributed by atoms with E-state index in [1.807, 2.05) is 0 Å². The molecule has 0 aromatic heterocycles. The summed E-state index contributed by atoms with van der Waals surface area (Å²) in [5, 5.41) is 3.56. The van der Waals surface area contributed by atoms with E-state index in [9.17, 15) is 4.79 Å². The first-order valence-electron chi connectivity index (χ1n) is 2.94. The highest BCUT2D eigenvalue weighted by Gasteiger charge is 2.02. The van der Waals surface area contributed by atoms with Crippen LogP contribution < -0.4 is 5.32 Å². The van der Waals surface area contributed by atoms with Crippen molar-refractivity contribution < 1.29 is 9.53 Å². The molecule has 0 spiro atoms. The van der Waals surface area contributed by atoms with Crippen LogP contribution in [0.1, 0.15) is 0 Å². The molecule has 0 fully saturated rings. The van der Waals surface area contributed by atoms with Crippen LogP contribution in [0, 0.1) is 0 Å². The number of amides is 1. The molecule has 3 nitrogen and oxygen atoms in total. The van der Waals surface area contributed by atoms with Crippen LogP contribution >= 0.6 is 0 Å². The standard InChI is InChI=1S/C7H8NO2/c1-10-5-6-2-3-7(9)8-4-6/h2-4H,5H2,1H3. The van der Waals surface area contributed by atoms with Gasteiger partial charge in [0.1, 0.15) is 0 Å². The molecule has 3 heteroatoms. The van der Waals surface area contributed by atoms with Crippen molar-refractivity contribution in [3.05, 3.63) is 23.9 Å². The van der Waals surface area contributed by atoms with Crippen LogP contribution in [0.25, 0.3) is 0 Å². The molecule has 0 atom stereocenters. The average Bonchev–Trinajstić information content (AvgIpc) is 1.95. The van der Waals surface area contributed by atoms with E-state index >= 15 is 0 Å². The zero-order valence-electron chi connectivity index (χ0n) is 5.70. The van der Waals surface area contributed by atoms with Gasteiger partial charge in [-0.05, 0) is 11.6 Å². The normalized spacial score (nSPS) is 16.5. The van der Waals surface area contributed by atoms with Crippen molar-refractivity contribution in [1.82, 2.24) is 5.32 Å². The van der Waals surface area contributed by atoms with E-state index in [0.29, 0.717) is 6.61 Å². The van der Waals surface area contributed by atoms with Gasteiger partial charge in [0.15, 0.2) is 0 Å². The molecule has 0 aromatic rings. The molecule has 1 amide bonds. The van der Waals surface area contributed by atoms with Crippen LogP contribution in [0.3, 0.4) is 0 Å². The summed E-state index contributed by atoms with van der Waals surface area (Å²) in [4.78, 5) is 10.5. The lowest BCUT2D eigenvalue weighted by molar-refractivity contribution is -0.116. The molecule has 0 saturated carbocycles. The summed E-state index contributed by atoms with van der Waals surface area (Å²) >= 11 is 0. The van der Waals surface area contributed by atoms with Gasteiger partial charge in [0.05, 0.1) is 6.61 Å². The van der Waals surface area contributed by atoms with Crippen molar-refractivity contribution in [2.45, 2.75) is 0 Å². The van der Waals surface area contributed by atoms with Gasteiger partial charge < -0.3 is 4.74 Å². The van der Waals surface area contributed by atoms with Gasteiger partial charge in [0.25, 0.3) is 5.91 Å². The summed E-state index contributed by atoms with van der Waals surface area (Å²) in [7, 11) is 1.60. The highest BCUT2D eigenvalue weighted by molar-refractivity contribution is 5.89. The minimum absolute atomic E-state index is 0.208. The predicted molar refractivity (Wildman–Crippen MR) is 36.2 cm³/mol. The number of hydrogen-bond donors (Lipinski definition) is 0. The van der Waals surface area contributed by atoms with Crippen LogP contribution in [0.4, 0.5) is 0 Å². The number of carbonyl (C=O) groups excluding carboxylic acids is 1. The molecule has 0 N–H and O–H groups in total. The molecule has 0 saturated heterocycles. The first kappa shape index (κ1) is 7.02. The molecule has 0 unspecified atom stereocenters. The Hall–Kier alpha value is -1.09. The molecular formula is C7H8NO2. The molecular weight excluding hydrogens is 130 g/mol. The Morgan fingerprint density at radius 3 is 2.90 bits per heavy atom. The molecule has 53 valence electrons. The van der Waals surface area contributed by atoms with Crippen molar-refractivity contribution in [1.29, 1.82) is 0 Å². The lowest BCUT2D eigenvalue weighted by atomic mass is 10.2. The first-order chi connectivity index (χ1) is 4.83. The molecule has 1 aliphatic rings. The van der Waals surface area contributed by atoms with E-state index in [-0.39, 0.29) is 5.91 Å². The van der Waals surface area contributed by atoms with Crippen molar-refractivity contribution in [2.75, 3.05) is 13.7 Å². The molecule has 1 heterocycles. The van der Waals surface area contributed by atoms with Crippen molar-refractivity contribution in [3.8, 4) is 0 Å². The highest BCUT2D eigenvalue weighted by Crippen LogP contribution is 2.00. The fraction of sp³-hybridized carbons (Fsp3) is 0.286. The van der Waals surface area contributed by atoms with Gasteiger partial charge in [-0.3, -0.25) is 4.79 Å². The van der Waals surface area contributed by atoms with Crippen LogP contribution in [-0.2, 0) is 9.53 Å². The fourth-order valence-electron chi connectivity index (χ4n) is 0.663. The Balaban J connectivity index is 2.50. The summed E-state index contributed by atoms with van der Waals surface area (Å²) in [6, 6.07) is 0. The Labute approximate surface area is 59.4 Å². The quantitative estimate of drug-likeness (QED) is 0.547. The Bertz CT molecular complexity index is 194. The third-order valence-electron chi connectivity index (χ3n) is 1.11. The maximum atomic E-state index is 10.5. The molecule has 10 heavy (non-hydrogen) atoms. The average molecular weight is 138 g/mol. The second-order valence-electron chi connectivity index (χ2n) is 1.94. The van der Waals surface area contributed by atoms with E-state index < -0.39 is 0 Å². The van der Waals surface area contributed by atoms with Crippen LogP contribution in [0.5, 0.6) is 0 Å². The van der Waals surface area contributed by atoms with Crippen LogP contribution in [0.15, 0.2) is 23.9 Å². The zero-order chi connectivity index (χ0) is 7.40. The van der Waals surface area contributed by atoms with Gasteiger partial charge in [-0.2, -0.15) is 0 Å². The largest absolute Gasteiger partial charge is 0.380 e. The van der Waals surface area contributed by atoms with Crippen LogP contribution in [-0.4, -0.2) is 19.6 Å². The smallest absolute Gasteiger partial charge is 0.269 e. The van der Waals surface area contributed by atoms with E-state index in [0.717, 1.165) is 5.57 Å². The van der Waals surface area contributed by atoms with E-state index in [1.54, 1.807) is 13.2 Å². The minimum Gasteiger partial charge on any atom is -0.380 e. The third-order valence-corrected chi connectivity index (χ3v) is 1.11. The molecule has 0 aromatic carbocycles. The maximum absolute atomic E-state index is 10.5. The summed E-state index contributed by atoms with van der Waals surface area (Å²) in [5.74, 6) is -0.208. The Morgan fingerprint density at radius 1 is 1.60 bits per heavy atom. The van der Waals surface area contributed by atoms with Gasteiger partial charge in [0.2, 0.25) is 0 Å². The van der Waals surface area contributed by atoms with Crippen LogP contribution in [0.2, 0.25) is 0 Å². The number of carbonyl (C=O) groups is 1.